The minimum absolute atomic E-state index is 0.0652. The zero-order valence-corrected chi connectivity index (χ0v) is 20.4. The molecule has 0 fully saturated rings. The first-order chi connectivity index (χ1) is 16.2. The van der Waals surface area contributed by atoms with Crippen molar-refractivity contribution in [1.82, 2.24) is 30.1 Å². The first-order valence-electron chi connectivity index (χ1n) is 11.7. The van der Waals surface area contributed by atoms with E-state index in [1.54, 1.807) is 0 Å². The van der Waals surface area contributed by atoms with Crippen LogP contribution in [0.1, 0.15) is 49.5 Å². The number of benzene rings is 2. The number of carbonyl (C=O) groups excluding carboxylic acids is 1. The average Bonchev–Trinajstić information content (AvgIpc) is 3.38. The monoisotopic (exact) mass is 457 g/mol. The molecule has 176 valence electrons. The molecule has 34 heavy (non-hydrogen) atoms. The Hall–Kier alpha value is -3.68. The predicted octanol–water partition coefficient (Wildman–Crippen LogP) is 3.69. The minimum atomic E-state index is -0.381. The summed E-state index contributed by atoms with van der Waals surface area (Å²) in [6, 6.07) is 16.2. The maximum absolute atomic E-state index is 13.7. The Labute approximate surface area is 199 Å². The van der Waals surface area contributed by atoms with Gasteiger partial charge in [-0.15, -0.1) is 5.10 Å². The summed E-state index contributed by atoms with van der Waals surface area (Å²) in [4.78, 5) is 21.2. The van der Waals surface area contributed by atoms with Crippen molar-refractivity contribution in [3.63, 3.8) is 0 Å². The van der Waals surface area contributed by atoms with E-state index in [1.807, 2.05) is 35.8 Å². The zero-order valence-electron chi connectivity index (χ0n) is 20.4. The number of anilines is 1. The van der Waals surface area contributed by atoms with Gasteiger partial charge in [0.1, 0.15) is 6.04 Å². The third-order valence-electron chi connectivity index (χ3n) is 6.56. The molecule has 0 saturated heterocycles. The first-order valence-corrected chi connectivity index (χ1v) is 11.7. The van der Waals surface area contributed by atoms with Gasteiger partial charge in [0.25, 0.3) is 0 Å². The second-order valence-electron chi connectivity index (χ2n) is 10.1. The van der Waals surface area contributed by atoms with Crippen LogP contribution >= 0.6 is 0 Å². The van der Waals surface area contributed by atoms with E-state index in [2.05, 4.69) is 82.6 Å². The number of tetrazole rings is 1. The lowest BCUT2D eigenvalue weighted by molar-refractivity contribution is -0.132. The SMILES string of the molecule is CN(C)c1ccc(C(c2nnnn2C(C)(C)C)N2CCc3c([nH]c4ccccc34)CC2=O)cc1. The number of H-pyrrole nitrogens is 1. The van der Waals surface area contributed by atoms with Crippen molar-refractivity contribution in [3.8, 4) is 0 Å². The molecule has 2 aromatic heterocycles. The van der Waals surface area contributed by atoms with Crippen LogP contribution in [-0.4, -0.2) is 56.6 Å². The van der Waals surface area contributed by atoms with Crippen molar-refractivity contribution >= 4 is 22.5 Å². The largest absolute Gasteiger partial charge is 0.378 e. The van der Waals surface area contributed by atoms with Gasteiger partial charge < -0.3 is 14.8 Å². The Morgan fingerprint density at radius 1 is 1.06 bits per heavy atom. The van der Waals surface area contributed by atoms with Gasteiger partial charge in [0.2, 0.25) is 5.91 Å². The fraction of sp³-hybridized carbons (Fsp3) is 0.385. The van der Waals surface area contributed by atoms with E-state index in [9.17, 15) is 4.79 Å². The molecule has 1 amide bonds. The van der Waals surface area contributed by atoms with Gasteiger partial charge in [0.15, 0.2) is 5.82 Å². The summed E-state index contributed by atoms with van der Waals surface area (Å²) in [5.74, 6) is 0.740. The molecule has 3 heterocycles. The lowest BCUT2D eigenvalue weighted by Crippen LogP contribution is -2.40. The molecule has 2 aromatic carbocycles. The van der Waals surface area contributed by atoms with Crippen LogP contribution in [-0.2, 0) is 23.2 Å². The number of carbonyl (C=O) groups is 1. The molecule has 0 saturated carbocycles. The van der Waals surface area contributed by atoms with E-state index < -0.39 is 0 Å². The molecule has 1 aliphatic rings. The Morgan fingerprint density at radius 3 is 2.50 bits per heavy atom. The Kier molecular flexibility index (Phi) is 5.38. The predicted molar refractivity (Wildman–Crippen MR) is 133 cm³/mol. The number of nitrogens with one attached hydrogen (secondary N) is 1. The molecule has 1 N–H and O–H groups in total. The fourth-order valence-corrected chi connectivity index (χ4v) is 4.84. The molecule has 0 spiro atoms. The number of aromatic amines is 1. The fourth-order valence-electron chi connectivity index (χ4n) is 4.84. The Morgan fingerprint density at radius 2 is 1.79 bits per heavy atom. The van der Waals surface area contributed by atoms with Crippen LogP contribution in [0.4, 0.5) is 5.69 Å². The molecule has 5 rings (SSSR count). The molecule has 8 heteroatoms. The van der Waals surface area contributed by atoms with Gasteiger partial charge in [-0.25, -0.2) is 4.68 Å². The highest BCUT2D eigenvalue weighted by Gasteiger charge is 2.36. The lowest BCUT2D eigenvalue weighted by atomic mass is 10.0. The van der Waals surface area contributed by atoms with Gasteiger partial charge in [0.05, 0.1) is 12.0 Å². The van der Waals surface area contributed by atoms with E-state index in [-0.39, 0.29) is 17.5 Å². The van der Waals surface area contributed by atoms with Crippen LogP contribution in [0, 0.1) is 0 Å². The van der Waals surface area contributed by atoms with E-state index in [1.165, 1.54) is 10.9 Å². The van der Waals surface area contributed by atoms with Crippen LogP contribution in [0.5, 0.6) is 0 Å². The highest BCUT2D eigenvalue weighted by Crippen LogP contribution is 2.34. The van der Waals surface area contributed by atoms with Crippen LogP contribution in [0.25, 0.3) is 10.9 Å². The number of hydrogen-bond donors (Lipinski definition) is 1. The zero-order chi connectivity index (χ0) is 24.0. The van der Waals surface area contributed by atoms with Gasteiger partial charge in [-0.05, 0) is 66.9 Å². The topological polar surface area (TPSA) is 82.9 Å². The van der Waals surface area contributed by atoms with Gasteiger partial charge in [-0.3, -0.25) is 4.79 Å². The molecule has 1 atom stereocenters. The molecule has 0 bridgehead atoms. The highest BCUT2D eigenvalue weighted by molar-refractivity contribution is 5.88. The summed E-state index contributed by atoms with van der Waals surface area (Å²) in [7, 11) is 4.03. The summed E-state index contributed by atoms with van der Waals surface area (Å²) < 4.78 is 1.84. The van der Waals surface area contributed by atoms with Gasteiger partial charge in [-0.2, -0.15) is 0 Å². The molecule has 0 radical (unpaired) electrons. The summed E-state index contributed by atoms with van der Waals surface area (Å²) in [5.41, 5.74) is 5.09. The second-order valence-corrected chi connectivity index (χ2v) is 10.1. The maximum Gasteiger partial charge on any atom is 0.229 e. The molecular formula is C26H31N7O. The van der Waals surface area contributed by atoms with E-state index in [0.717, 1.165) is 28.9 Å². The molecule has 1 aliphatic heterocycles. The lowest BCUT2D eigenvalue weighted by Gasteiger charge is -2.32. The molecule has 8 nitrogen and oxygen atoms in total. The van der Waals surface area contributed by atoms with E-state index >= 15 is 0 Å². The summed E-state index contributed by atoms with van der Waals surface area (Å²) >= 11 is 0. The third-order valence-corrected chi connectivity index (χ3v) is 6.56. The minimum Gasteiger partial charge on any atom is -0.378 e. The Bertz CT molecular complexity index is 1330. The van der Waals surface area contributed by atoms with E-state index in [4.69, 9.17) is 0 Å². The Balaban J connectivity index is 1.59. The maximum atomic E-state index is 13.7. The van der Waals surface area contributed by atoms with Crippen molar-refractivity contribution in [3.05, 3.63) is 71.2 Å². The van der Waals surface area contributed by atoms with Crippen molar-refractivity contribution in [1.29, 1.82) is 0 Å². The van der Waals surface area contributed by atoms with Crippen molar-refractivity contribution in [2.45, 2.75) is 45.2 Å². The normalized spacial score (nSPS) is 15.3. The van der Waals surface area contributed by atoms with Gasteiger partial charge in [-0.1, -0.05) is 30.3 Å². The van der Waals surface area contributed by atoms with Gasteiger partial charge >= 0.3 is 0 Å². The molecule has 4 aromatic rings. The summed E-state index contributed by atoms with van der Waals surface area (Å²) in [5, 5.41) is 13.9. The quantitative estimate of drug-likeness (QED) is 0.505. The average molecular weight is 458 g/mol. The standard InChI is InChI=1S/C26H31N7O/c1-26(2,3)33-25(28-29-30-33)24(17-10-12-18(13-11-17)31(4)5)32-15-14-20-19-8-6-7-9-21(19)27-22(20)16-23(32)34/h6-13,24,27H,14-16H2,1-5H3. The van der Waals surface area contributed by atoms with Crippen molar-refractivity contribution in [2.24, 2.45) is 0 Å². The number of rotatable bonds is 4. The smallest absolute Gasteiger partial charge is 0.229 e. The van der Waals surface area contributed by atoms with Crippen LogP contribution < -0.4 is 4.90 Å². The molecule has 0 aliphatic carbocycles. The third kappa shape index (κ3) is 3.83. The first kappa shape index (κ1) is 22.1. The summed E-state index contributed by atoms with van der Waals surface area (Å²) in [6.07, 6.45) is 1.10. The van der Waals surface area contributed by atoms with Crippen LogP contribution in [0.15, 0.2) is 48.5 Å². The number of hydrogen-bond acceptors (Lipinski definition) is 5. The number of para-hydroxylation sites is 1. The van der Waals surface area contributed by atoms with Gasteiger partial charge in [0, 0.05) is 42.9 Å². The number of aromatic nitrogens is 5. The summed E-state index contributed by atoms with van der Waals surface area (Å²) in [6.45, 7) is 6.80. The van der Waals surface area contributed by atoms with Crippen molar-refractivity contribution < 1.29 is 4.79 Å². The van der Waals surface area contributed by atoms with Crippen molar-refractivity contribution in [2.75, 3.05) is 25.5 Å². The molecule has 1 unspecified atom stereocenters. The molecular weight excluding hydrogens is 426 g/mol. The second kappa shape index (κ2) is 8.27. The number of nitrogens with zero attached hydrogens (tertiary/aromatic N) is 6. The van der Waals surface area contributed by atoms with E-state index in [0.29, 0.717) is 18.8 Å². The number of fused-ring (bicyclic) bond motifs is 3. The van der Waals surface area contributed by atoms with Crippen LogP contribution in [0.2, 0.25) is 0 Å². The highest BCUT2D eigenvalue weighted by atomic mass is 16.2. The van der Waals surface area contributed by atoms with Crippen LogP contribution in [0.3, 0.4) is 0 Å². The number of amides is 1.